The number of esters is 1. The van der Waals surface area contributed by atoms with Gasteiger partial charge in [-0.25, -0.2) is 19.2 Å². The highest BCUT2D eigenvalue weighted by molar-refractivity contribution is 8.18. The number of piperidine rings is 1. The third kappa shape index (κ3) is 6.92. The van der Waals surface area contributed by atoms with Crippen molar-refractivity contribution in [3.63, 3.8) is 0 Å². The lowest BCUT2D eigenvalue weighted by Gasteiger charge is -2.32. The van der Waals surface area contributed by atoms with Crippen LogP contribution in [0.2, 0.25) is 0 Å². The zero-order valence-corrected chi connectivity index (χ0v) is 23.1. The highest BCUT2D eigenvalue weighted by Gasteiger charge is 2.26. The fourth-order valence-corrected chi connectivity index (χ4v) is 5.33. The Bertz CT molecular complexity index is 1490. The molecule has 2 amide bonds. The van der Waals surface area contributed by atoms with Gasteiger partial charge in [0, 0.05) is 43.8 Å². The molecule has 3 aromatic rings. The van der Waals surface area contributed by atoms with Gasteiger partial charge in [0.15, 0.2) is 5.82 Å². The molecule has 3 aromatic heterocycles. The maximum atomic E-state index is 14.4. The lowest BCUT2D eigenvalue weighted by atomic mass is 9.97. The summed E-state index contributed by atoms with van der Waals surface area (Å²) < 4.78 is 19.6. The van der Waals surface area contributed by atoms with E-state index in [0.717, 1.165) is 56.0 Å². The largest absolute Gasteiger partial charge is 0.462 e. The van der Waals surface area contributed by atoms with Crippen molar-refractivity contribution < 1.29 is 23.5 Å². The average Bonchev–Trinajstić information content (AvgIpc) is 3.30. The Morgan fingerprint density at radius 1 is 1.22 bits per heavy atom. The second kappa shape index (κ2) is 13.0. The highest BCUT2D eigenvalue weighted by Crippen LogP contribution is 2.27. The van der Waals surface area contributed by atoms with Crippen LogP contribution in [-0.4, -0.2) is 63.3 Å². The van der Waals surface area contributed by atoms with E-state index in [1.807, 2.05) is 0 Å². The zero-order chi connectivity index (χ0) is 28.8. The highest BCUT2D eigenvalue weighted by atomic mass is 32.2. The monoisotopic (exact) mass is 577 g/mol. The van der Waals surface area contributed by atoms with Gasteiger partial charge in [0.25, 0.3) is 11.1 Å². The molecule has 0 aromatic carbocycles. The maximum absolute atomic E-state index is 14.4. The van der Waals surface area contributed by atoms with Crippen LogP contribution in [0.3, 0.4) is 0 Å². The minimum atomic E-state index is -0.561. The van der Waals surface area contributed by atoms with E-state index in [0.29, 0.717) is 29.0 Å². The van der Waals surface area contributed by atoms with E-state index in [9.17, 15) is 18.8 Å². The average molecular weight is 578 g/mol. The van der Waals surface area contributed by atoms with Crippen molar-refractivity contribution in [3.05, 3.63) is 70.5 Å². The van der Waals surface area contributed by atoms with Gasteiger partial charge < -0.3 is 15.0 Å². The summed E-state index contributed by atoms with van der Waals surface area (Å²) in [5.74, 6) is -0.511. The number of rotatable bonds is 9. The molecule has 2 N–H and O–H groups in total. The SMILES string of the molecule is CCOC(=O)c1cc(CNCC2CCN(c3nccc(/C=C4\SC(=O)NC4=O)n3)CC2)cnc1-c1ccncc1F. The Hall–Kier alpha value is -4.23. The summed E-state index contributed by atoms with van der Waals surface area (Å²) in [7, 11) is 0. The van der Waals surface area contributed by atoms with Crippen molar-refractivity contribution in [1.29, 1.82) is 0 Å². The number of hydrogen-bond donors (Lipinski definition) is 2. The van der Waals surface area contributed by atoms with Crippen LogP contribution in [0.4, 0.5) is 15.1 Å². The second-order valence-corrected chi connectivity index (χ2v) is 10.5. The van der Waals surface area contributed by atoms with Gasteiger partial charge >= 0.3 is 5.97 Å². The van der Waals surface area contributed by atoms with Gasteiger partial charge in [-0.05, 0) is 73.8 Å². The number of amides is 2. The number of nitrogens with zero attached hydrogens (tertiary/aromatic N) is 5. The standard InChI is InChI=1S/C28H28FN7O4S/c1-2-40-26(38)21-11-18(15-33-24(21)20-4-7-30-16-22(20)29)14-31-13-17-5-9-36(10-6-17)27-32-8-3-19(34-27)12-23-25(37)35-28(39)41-23/h3-4,7-8,11-12,15-17,31H,2,5-6,9-10,13-14H2,1H3,(H,35,37,39)/b23-12-. The van der Waals surface area contributed by atoms with E-state index in [1.165, 1.54) is 12.3 Å². The van der Waals surface area contributed by atoms with Crippen molar-refractivity contribution in [2.45, 2.75) is 26.3 Å². The van der Waals surface area contributed by atoms with E-state index in [1.54, 1.807) is 37.5 Å². The molecule has 5 rings (SSSR count). The van der Waals surface area contributed by atoms with Gasteiger partial charge in [-0.1, -0.05) is 0 Å². The summed E-state index contributed by atoms with van der Waals surface area (Å²) in [4.78, 5) is 55.4. The molecule has 41 heavy (non-hydrogen) atoms. The van der Waals surface area contributed by atoms with E-state index in [4.69, 9.17) is 4.74 Å². The molecule has 13 heteroatoms. The quantitative estimate of drug-likeness (QED) is 0.285. The van der Waals surface area contributed by atoms with E-state index in [-0.39, 0.29) is 28.7 Å². The number of ether oxygens (including phenoxy) is 1. The van der Waals surface area contributed by atoms with Gasteiger partial charge in [0.05, 0.1) is 34.7 Å². The third-order valence-electron chi connectivity index (χ3n) is 6.71. The van der Waals surface area contributed by atoms with Crippen LogP contribution in [0.5, 0.6) is 0 Å². The molecule has 0 aliphatic carbocycles. The third-order valence-corrected chi connectivity index (χ3v) is 7.52. The Balaban J connectivity index is 1.16. The number of aromatic nitrogens is 4. The summed E-state index contributed by atoms with van der Waals surface area (Å²) in [5.41, 5.74) is 1.99. The Kier molecular flexibility index (Phi) is 8.95. The van der Waals surface area contributed by atoms with Gasteiger partial charge in [-0.2, -0.15) is 0 Å². The van der Waals surface area contributed by atoms with Crippen LogP contribution in [0.15, 0.2) is 47.9 Å². The molecular formula is C28H28FN7O4S. The molecule has 2 fully saturated rings. The number of carbonyl (C=O) groups excluding carboxylic acids is 3. The first-order chi connectivity index (χ1) is 19.9. The number of carbonyl (C=O) groups is 3. The van der Waals surface area contributed by atoms with Gasteiger partial charge in [0.1, 0.15) is 0 Å². The predicted octanol–water partition coefficient (Wildman–Crippen LogP) is 3.58. The summed E-state index contributed by atoms with van der Waals surface area (Å²) in [6, 6.07) is 4.88. The fourth-order valence-electron chi connectivity index (χ4n) is 4.66. The first-order valence-electron chi connectivity index (χ1n) is 13.2. The van der Waals surface area contributed by atoms with Crippen LogP contribution < -0.4 is 15.5 Å². The molecule has 0 unspecified atom stereocenters. The zero-order valence-electron chi connectivity index (χ0n) is 22.3. The van der Waals surface area contributed by atoms with Crippen LogP contribution in [0, 0.1) is 11.7 Å². The van der Waals surface area contributed by atoms with E-state index in [2.05, 4.69) is 35.5 Å². The van der Waals surface area contributed by atoms with Crippen molar-refractivity contribution in [1.82, 2.24) is 30.6 Å². The van der Waals surface area contributed by atoms with Crippen LogP contribution in [-0.2, 0) is 16.1 Å². The van der Waals surface area contributed by atoms with Gasteiger partial charge in [-0.3, -0.25) is 24.9 Å². The van der Waals surface area contributed by atoms with Crippen molar-refractivity contribution in [2.75, 3.05) is 31.1 Å². The number of nitrogens with one attached hydrogen (secondary N) is 2. The predicted molar refractivity (Wildman–Crippen MR) is 151 cm³/mol. The first kappa shape index (κ1) is 28.3. The lowest BCUT2D eigenvalue weighted by Crippen LogP contribution is -2.38. The van der Waals surface area contributed by atoms with Crippen molar-refractivity contribution in [2.24, 2.45) is 5.92 Å². The van der Waals surface area contributed by atoms with E-state index < -0.39 is 17.7 Å². The molecule has 0 atom stereocenters. The molecule has 2 aliphatic heterocycles. The Morgan fingerprint density at radius 2 is 2.05 bits per heavy atom. The molecule has 11 nitrogen and oxygen atoms in total. The fraction of sp³-hybridized carbons (Fsp3) is 0.321. The minimum Gasteiger partial charge on any atom is -0.462 e. The molecule has 0 bridgehead atoms. The number of anilines is 1. The summed E-state index contributed by atoms with van der Waals surface area (Å²) >= 11 is 0.857. The molecular weight excluding hydrogens is 549 g/mol. The normalized spacial score (nSPS) is 16.7. The van der Waals surface area contributed by atoms with Crippen molar-refractivity contribution >= 4 is 40.9 Å². The van der Waals surface area contributed by atoms with Crippen LogP contribution in [0.25, 0.3) is 17.3 Å². The topological polar surface area (TPSA) is 139 Å². The second-order valence-electron chi connectivity index (χ2n) is 9.51. The van der Waals surface area contributed by atoms with Crippen LogP contribution in [0.1, 0.15) is 41.4 Å². The molecule has 0 radical (unpaired) electrons. The van der Waals surface area contributed by atoms with E-state index >= 15 is 0 Å². The summed E-state index contributed by atoms with van der Waals surface area (Å²) in [6.45, 7) is 4.74. The molecule has 2 saturated heterocycles. The minimum absolute atomic E-state index is 0.193. The Labute approximate surface area is 240 Å². The number of hydrogen-bond acceptors (Lipinski definition) is 11. The molecule has 5 heterocycles. The number of halogens is 1. The number of imide groups is 1. The molecule has 0 spiro atoms. The molecule has 0 saturated carbocycles. The molecule has 2 aliphatic rings. The first-order valence-corrected chi connectivity index (χ1v) is 14.0. The number of pyridine rings is 2. The summed E-state index contributed by atoms with van der Waals surface area (Å²) in [6.07, 6.45) is 9.28. The molecule has 212 valence electrons. The lowest BCUT2D eigenvalue weighted by molar-refractivity contribution is -0.115. The summed E-state index contributed by atoms with van der Waals surface area (Å²) in [5, 5.41) is 5.30. The van der Waals surface area contributed by atoms with Gasteiger partial charge in [0.2, 0.25) is 5.95 Å². The van der Waals surface area contributed by atoms with Crippen LogP contribution >= 0.6 is 11.8 Å². The maximum Gasteiger partial charge on any atom is 0.340 e. The van der Waals surface area contributed by atoms with Gasteiger partial charge in [-0.15, -0.1) is 0 Å². The van der Waals surface area contributed by atoms with Crippen molar-refractivity contribution in [3.8, 4) is 11.3 Å². The smallest absolute Gasteiger partial charge is 0.340 e. The Morgan fingerprint density at radius 3 is 2.78 bits per heavy atom. The number of thioether (sulfide) groups is 1.